The predicted molar refractivity (Wildman–Crippen MR) is 97.1 cm³/mol. The van der Waals surface area contributed by atoms with Gasteiger partial charge >= 0.3 is 5.97 Å². The third-order valence-corrected chi connectivity index (χ3v) is 5.82. The SMILES string of the molecule is CCCCCCCCCCCCCCC(CCC(=O)O)[SiH2]O. The van der Waals surface area contributed by atoms with Crippen molar-refractivity contribution in [3.8, 4) is 0 Å². The van der Waals surface area contributed by atoms with Crippen molar-refractivity contribution in [2.24, 2.45) is 0 Å². The normalized spacial score (nSPS) is 13.0. The van der Waals surface area contributed by atoms with Gasteiger partial charge in [-0.1, -0.05) is 90.4 Å². The Hall–Kier alpha value is -0.353. The first-order chi connectivity index (χ1) is 10.7. The zero-order valence-corrected chi connectivity index (χ0v) is 16.1. The van der Waals surface area contributed by atoms with Crippen molar-refractivity contribution < 1.29 is 14.7 Å². The third kappa shape index (κ3) is 16.0. The van der Waals surface area contributed by atoms with Crippen molar-refractivity contribution in [3.63, 3.8) is 0 Å². The average Bonchev–Trinajstić information content (AvgIpc) is 2.51. The molecule has 0 aromatic carbocycles. The van der Waals surface area contributed by atoms with Crippen molar-refractivity contribution in [1.82, 2.24) is 0 Å². The highest BCUT2D eigenvalue weighted by Crippen LogP contribution is 2.20. The fourth-order valence-electron chi connectivity index (χ4n) is 2.93. The summed E-state index contributed by atoms with van der Waals surface area (Å²) in [6.07, 6.45) is 18.1. The number of unbranched alkanes of at least 4 members (excludes halogenated alkanes) is 11. The molecule has 22 heavy (non-hydrogen) atoms. The summed E-state index contributed by atoms with van der Waals surface area (Å²) in [6, 6.07) is 0. The van der Waals surface area contributed by atoms with Gasteiger partial charge in [-0.15, -0.1) is 0 Å². The zero-order valence-electron chi connectivity index (χ0n) is 14.7. The molecule has 1 unspecified atom stereocenters. The number of rotatable bonds is 17. The monoisotopic (exact) mass is 330 g/mol. The van der Waals surface area contributed by atoms with E-state index in [1.165, 1.54) is 70.6 Å². The smallest absolute Gasteiger partial charge is 0.303 e. The molecule has 3 nitrogen and oxygen atoms in total. The average molecular weight is 331 g/mol. The van der Waals surface area contributed by atoms with Crippen LogP contribution in [0.1, 0.15) is 103 Å². The molecular formula is C18H38O3Si. The molecule has 0 rings (SSSR count). The van der Waals surface area contributed by atoms with Crippen molar-refractivity contribution in [2.45, 2.75) is 109 Å². The Balaban J connectivity index is 3.23. The number of carbonyl (C=O) groups is 1. The first-order valence-electron chi connectivity index (χ1n) is 9.53. The Morgan fingerprint density at radius 1 is 0.818 bits per heavy atom. The molecule has 0 aromatic rings. The molecule has 0 spiro atoms. The Morgan fingerprint density at radius 2 is 1.27 bits per heavy atom. The molecule has 4 heteroatoms. The number of hydrogen-bond acceptors (Lipinski definition) is 2. The Bertz CT molecular complexity index is 246. The van der Waals surface area contributed by atoms with E-state index in [0.29, 0.717) is 12.0 Å². The summed E-state index contributed by atoms with van der Waals surface area (Å²) in [5.74, 6) is -0.734. The van der Waals surface area contributed by atoms with Crippen LogP contribution >= 0.6 is 0 Å². The topological polar surface area (TPSA) is 57.5 Å². The van der Waals surface area contributed by atoms with Gasteiger partial charge in [-0.3, -0.25) is 4.79 Å². The van der Waals surface area contributed by atoms with Crippen LogP contribution in [0.3, 0.4) is 0 Å². The molecule has 0 aliphatic carbocycles. The highest BCUT2D eigenvalue weighted by molar-refractivity contribution is 6.27. The maximum absolute atomic E-state index is 10.5. The van der Waals surface area contributed by atoms with E-state index in [-0.39, 0.29) is 6.42 Å². The van der Waals surface area contributed by atoms with E-state index >= 15 is 0 Å². The molecule has 2 N–H and O–H groups in total. The van der Waals surface area contributed by atoms with Crippen LogP contribution in [-0.2, 0) is 4.79 Å². The molecule has 0 aliphatic rings. The van der Waals surface area contributed by atoms with E-state index in [1.54, 1.807) is 0 Å². The van der Waals surface area contributed by atoms with Gasteiger partial charge in [0.05, 0.1) is 0 Å². The van der Waals surface area contributed by atoms with Gasteiger partial charge in [-0.25, -0.2) is 0 Å². The molecular weight excluding hydrogens is 292 g/mol. The van der Waals surface area contributed by atoms with Gasteiger partial charge in [0.25, 0.3) is 0 Å². The number of carboxylic acids is 1. The second-order valence-electron chi connectivity index (χ2n) is 6.66. The standard InChI is InChI=1S/C18H38O3Si/c1-2-3-4-5-6-7-8-9-10-11-12-13-14-17(22-21)15-16-18(19)20/h17,21H,2-16,22H2,1H3,(H,19,20). The second kappa shape index (κ2) is 17.0. The fourth-order valence-corrected chi connectivity index (χ4v) is 3.79. The van der Waals surface area contributed by atoms with E-state index in [4.69, 9.17) is 5.11 Å². The summed E-state index contributed by atoms with van der Waals surface area (Å²) in [5.41, 5.74) is 0.319. The van der Waals surface area contributed by atoms with Crippen LogP contribution in [0.2, 0.25) is 5.54 Å². The Labute approximate surface area is 139 Å². The van der Waals surface area contributed by atoms with Gasteiger partial charge in [0, 0.05) is 6.42 Å². The lowest BCUT2D eigenvalue weighted by atomic mass is 10.0. The molecule has 132 valence electrons. The number of carboxylic acid groups (broad SMARTS) is 1. The van der Waals surface area contributed by atoms with Gasteiger partial charge < -0.3 is 9.90 Å². The van der Waals surface area contributed by atoms with Crippen LogP contribution in [0.25, 0.3) is 0 Å². The van der Waals surface area contributed by atoms with Crippen molar-refractivity contribution >= 4 is 15.7 Å². The van der Waals surface area contributed by atoms with E-state index in [1.807, 2.05) is 0 Å². The van der Waals surface area contributed by atoms with Crippen molar-refractivity contribution in [1.29, 1.82) is 0 Å². The van der Waals surface area contributed by atoms with Crippen molar-refractivity contribution in [3.05, 3.63) is 0 Å². The van der Waals surface area contributed by atoms with E-state index < -0.39 is 15.7 Å². The van der Waals surface area contributed by atoms with E-state index in [0.717, 1.165) is 12.8 Å². The van der Waals surface area contributed by atoms with Crippen LogP contribution in [0.4, 0.5) is 0 Å². The fraction of sp³-hybridized carbons (Fsp3) is 0.944. The van der Waals surface area contributed by atoms with Crippen LogP contribution in [0.15, 0.2) is 0 Å². The molecule has 0 saturated carbocycles. The minimum Gasteiger partial charge on any atom is -0.481 e. The maximum atomic E-state index is 10.5. The quantitative estimate of drug-likeness (QED) is 0.297. The summed E-state index contributed by atoms with van der Waals surface area (Å²) >= 11 is 0. The summed E-state index contributed by atoms with van der Waals surface area (Å²) in [7, 11) is -1.04. The second-order valence-corrected chi connectivity index (χ2v) is 8.18. The zero-order chi connectivity index (χ0) is 16.5. The summed E-state index contributed by atoms with van der Waals surface area (Å²) in [4.78, 5) is 19.9. The highest BCUT2D eigenvalue weighted by Gasteiger charge is 2.10. The van der Waals surface area contributed by atoms with Crippen LogP contribution in [-0.4, -0.2) is 25.6 Å². The van der Waals surface area contributed by atoms with Crippen molar-refractivity contribution in [2.75, 3.05) is 0 Å². The Morgan fingerprint density at radius 3 is 1.68 bits per heavy atom. The highest BCUT2D eigenvalue weighted by atomic mass is 28.2. The lowest BCUT2D eigenvalue weighted by molar-refractivity contribution is -0.137. The lowest BCUT2D eigenvalue weighted by Crippen LogP contribution is -2.06. The predicted octanol–water partition coefficient (Wildman–Crippen LogP) is 4.81. The molecule has 0 aliphatic heterocycles. The lowest BCUT2D eigenvalue weighted by Gasteiger charge is -2.11. The van der Waals surface area contributed by atoms with Gasteiger partial charge in [0.1, 0.15) is 0 Å². The molecule has 0 bridgehead atoms. The van der Waals surface area contributed by atoms with Crippen LogP contribution < -0.4 is 0 Å². The van der Waals surface area contributed by atoms with E-state index in [2.05, 4.69) is 6.92 Å². The summed E-state index contributed by atoms with van der Waals surface area (Å²) < 4.78 is 0. The van der Waals surface area contributed by atoms with Crippen LogP contribution in [0.5, 0.6) is 0 Å². The number of hydrogen-bond donors (Lipinski definition) is 2. The first kappa shape index (κ1) is 21.6. The summed E-state index contributed by atoms with van der Waals surface area (Å²) in [6.45, 7) is 2.26. The minimum atomic E-state index is -1.04. The largest absolute Gasteiger partial charge is 0.481 e. The van der Waals surface area contributed by atoms with Crippen LogP contribution in [0, 0.1) is 0 Å². The molecule has 0 heterocycles. The van der Waals surface area contributed by atoms with Gasteiger partial charge in [-0.05, 0) is 12.0 Å². The Kier molecular flexibility index (Phi) is 16.7. The maximum Gasteiger partial charge on any atom is 0.303 e. The van der Waals surface area contributed by atoms with Gasteiger partial charge in [-0.2, -0.15) is 0 Å². The first-order valence-corrected chi connectivity index (χ1v) is 11.0. The molecule has 0 radical (unpaired) electrons. The van der Waals surface area contributed by atoms with Gasteiger partial charge in [0.15, 0.2) is 9.76 Å². The van der Waals surface area contributed by atoms with Gasteiger partial charge in [0.2, 0.25) is 0 Å². The molecule has 0 saturated heterocycles. The molecule has 1 atom stereocenters. The summed E-state index contributed by atoms with van der Waals surface area (Å²) in [5, 5.41) is 8.66. The molecule has 0 aromatic heterocycles. The molecule has 0 fully saturated rings. The molecule has 0 amide bonds. The van der Waals surface area contributed by atoms with E-state index in [9.17, 15) is 9.59 Å². The minimum absolute atomic E-state index is 0.219. The third-order valence-electron chi connectivity index (χ3n) is 4.49. The number of aliphatic carboxylic acids is 1.